The fourth-order valence-corrected chi connectivity index (χ4v) is 1.30. The van der Waals surface area contributed by atoms with E-state index in [0.717, 1.165) is 18.2 Å². The monoisotopic (exact) mass is 254 g/mol. The van der Waals surface area contributed by atoms with Crippen molar-refractivity contribution in [2.45, 2.75) is 5.51 Å². The Kier molecular flexibility index (Phi) is 3.48. The van der Waals surface area contributed by atoms with Crippen molar-refractivity contribution in [1.82, 2.24) is 0 Å². The minimum absolute atomic E-state index is 0.232. The van der Waals surface area contributed by atoms with Crippen LogP contribution in [0.2, 0.25) is 0 Å². The third kappa shape index (κ3) is 3.19. The smallest absolute Gasteiger partial charge is 0.298 e. The van der Waals surface area contributed by atoms with Gasteiger partial charge in [-0.25, -0.2) is 4.21 Å². The summed E-state index contributed by atoms with van der Waals surface area (Å²) in [6.07, 6.45) is 0. The third-order valence-corrected chi connectivity index (χ3v) is 2.32. The number of hydrogen-bond donors (Lipinski definition) is 1. The van der Waals surface area contributed by atoms with Crippen molar-refractivity contribution in [3.63, 3.8) is 0 Å². The number of non-ortho nitro benzene ring substituents is 1. The lowest BCUT2D eigenvalue weighted by molar-refractivity contribution is -0.384. The van der Waals surface area contributed by atoms with Crippen molar-refractivity contribution in [2.24, 2.45) is 0 Å². The Bertz CT molecular complexity index is 435. The van der Waals surface area contributed by atoms with Gasteiger partial charge in [-0.15, -0.1) is 0 Å². The van der Waals surface area contributed by atoms with Crippen molar-refractivity contribution in [3.05, 3.63) is 34.4 Å². The summed E-state index contributed by atoms with van der Waals surface area (Å²) in [5, 5.41) is 10.3. The van der Waals surface area contributed by atoms with Gasteiger partial charge in [-0.1, -0.05) is 6.07 Å². The lowest BCUT2D eigenvalue weighted by Gasteiger charge is -2.07. The zero-order valence-corrected chi connectivity index (χ0v) is 8.34. The fourth-order valence-electron chi connectivity index (χ4n) is 0.848. The summed E-state index contributed by atoms with van der Waals surface area (Å²) < 4.78 is 47.9. The predicted molar refractivity (Wildman–Crippen MR) is 50.9 cm³/mol. The summed E-state index contributed by atoms with van der Waals surface area (Å²) >= 11 is 0. The number of benzene rings is 1. The van der Waals surface area contributed by atoms with Gasteiger partial charge in [-0.3, -0.25) is 14.8 Å². The first kappa shape index (κ1) is 12.4. The SMILES string of the molecule is O=[N+]([O-])c1cccc(NS(=O)C(F)(F)F)c1. The van der Waals surface area contributed by atoms with Crippen LogP contribution in [0.15, 0.2) is 24.3 Å². The number of nitrogens with zero attached hydrogens (tertiary/aromatic N) is 1. The minimum Gasteiger partial charge on any atom is -0.298 e. The Labute approximate surface area is 90.0 Å². The molecule has 0 saturated carbocycles. The van der Waals surface area contributed by atoms with Crippen molar-refractivity contribution in [1.29, 1.82) is 0 Å². The zero-order chi connectivity index (χ0) is 12.3. The second-order valence-corrected chi connectivity index (χ2v) is 3.83. The van der Waals surface area contributed by atoms with E-state index in [9.17, 15) is 27.5 Å². The minimum atomic E-state index is -4.91. The molecule has 1 rings (SSSR count). The van der Waals surface area contributed by atoms with Gasteiger partial charge < -0.3 is 0 Å². The molecule has 1 aromatic rings. The Morgan fingerprint density at radius 2 is 2.00 bits per heavy atom. The standard InChI is InChI=1S/C7H5F3N2O3S/c8-7(9,10)16(15)11-5-2-1-3-6(4-5)12(13)14/h1-4,11H. The Hall–Kier alpha value is -1.64. The third-order valence-electron chi connectivity index (χ3n) is 1.48. The number of nitrogens with one attached hydrogen (secondary N) is 1. The van der Waals surface area contributed by atoms with E-state index in [1.165, 1.54) is 6.07 Å². The van der Waals surface area contributed by atoms with Crippen LogP contribution < -0.4 is 4.72 Å². The molecule has 0 radical (unpaired) electrons. The van der Waals surface area contributed by atoms with Gasteiger partial charge >= 0.3 is 5.51 Å². The van der Waals surface area contributed by atoms with E-state index in [-0.39, 0.29) is 11.4 Å². The summed E-state index contributed by atoms with van der Waals surface area (Å²) in [6, 6.07) is 4.32. The summed E-state index contributed by atoms with van der Waals surface area (Å²) in [5.74, 6) is 0. The van der Waals surface area contributed by atoms with Crippen LogP contribution in [0.1, 0.15) is 0 Å². The van der Waals surface area contributed by atoms with E-state index in [2.05, 4.69) is 0 Å². The van der Waals surface area contributed by atoms with Crippen LogP contribution >= 0.6 is 0 Å². The summed E-state index contributed by atoms with van der Waals surface area (Å²) in [6.45, 7) is 0. The van der Waals surface area contributed by atoms with E-state index in [1.54, 1.807) is 4.72 Å². The van der Waals surface area contributed by atoms with Crippen LogP contribution in [0.4, 0.5) is 24.5 Å². The highest BCUT2D eigenvalue weighted by Gasteiger charge is 2.37. The van der Waals surface area contributed by atoms with Crippen molar-refractivity contribution < 1.29 is 22.3 Å². The number of rotatable bonds is 3. The molecule has 88 valence electrons. The van der Waals surface area contributed by atoms with E-state index < -0.39 is 21.4 Å². The normalized spacial score (nSPS) is 13.2. The first-order valence-electron chi connectivity index (χ1n) is 3.80. The summed E-state index contributed by atoms with van der Waals surface area (Å²) in [7, 11) is -3.28. The van der Waals surface area contributed by atoms with Gasteiger partial charge in [0.1, 0.15) is 0 Å². The average molecular weight is 254 g/mol. The number of halogens is 3. The molecule has 1 unspecified atom stereocenters. The molecule has 0 saturated heterocycles. The molecule has 0 amide bonds. The number of nitro benzene ring substituents is 1. The molecule has 16 heavy (non-hydrogen) atoms. The van der Waals surface area contributed by atoms with E-state index in [1.807, 2.05) is 0 Å². The van der Waals surface area contributed by atoms with Crippen LogP contribution in [-0.4, -0.2) is 14.6 Å². The molecule has 0 aliphatic carbocycles. The number of alkyl halides is 3. The van der Waals surface area contributed by atoms with E-state index in [0.29, 0.717) is 0 Å². The highest BCUT2D eigenvalue weighted by molar-refractivity contribution is 7.87. The second kappa shape index (κ2) is 4.47. The maximum Gasteiger partial charge on any atom is 0.490 e. The molecule has 1 atom stereocenters. The van der Waals surface area contributed by atoms with Gasteiger partial charge in [0.25, 0.3) is 5.69 Å². The van der Waals surface area contributed by atoms with Gasteiger partial charge in [0, 0.05) is 12.1 Å². The maximum absolute atomic E-state index is 11.9. The van der Waals surface area contributed by atoms with E-state index in [4.69, 9.17) is 0 Å². The Morgan fingerprint density at radius 3 is 2.50 bits per heavy atom. The van der Waals surface area contributed by atoms with Crippen LogP contribution in [0, 0.1) is 10.1 Å². The van der Waals surface area contributed by atoms with Crippen LogP contribution in [0.25, 0.3) is 0 Å². The number of hydrogen-bond acceptors (Lipinski definition) is 3. The molecular formula is C7H5F3N2O3S. The van der Waals surface area contributed by atoms with Gasteiger partial charge in [0.2, 0.25) is 11.0 Å². The molecule has 5 nitrogen and oxygen atoms in total. The molecule has 1 N–H and O–H groups in total. The van der Waals surface area contributed by atoms with Crippen LogP contribution in [0.5, 0.6) is 0 Å². The van der Waals surface area contributed by atoms with Gasteiger partial charge in [-0.05, 0) is 6.07 Å². The molecule has 0 aliphatic rings. The molecule has 1 aromatic carbocycles. The Balaban J connectivity index is 2.87. The fraction of sp³-hybridized carbons (Fsp3) is 0.143. The highest BCUT2D eigenvalue weighted by atomic mass is 32.2. The van der Waals surface area contributed by atoms with Gasteiger partial charge in [0.05, 0.1) is 10.6 Å². The molecule has 0 aromatic heterocycles. The predicted octanol–water partition coefficient (Wildman–Crippen LogP) is 2.19. The van der Waals surface area contributed by atoms with Gasteiger partial charge in [-0.2, -0.15) is 13.2 Å². The highest BCUT2D eigenvalue weighted by Crippen LogP contribution is 2.23. The molecule has 0 fully saturated rings. The first-order valence-corrected chi connectivity index (χ1v) is 4.95. The first-order chi connectivity index (χ1) is 7.30. The molecule has 9 heteroatoms. The van der Waals surface area contributed by atoms with Crippen molar-refractivity contribution in [3.8, 4) is 0 Å². The zero-order valence-electron chi connectivity index (χ0n) is 7.52. The molecule has 0 heterocycles. The molecule has 0 spiro atoms. The Morgan fingerprint density at radius 1 is 1.38 bits per heavy atom. The summed E-state index contributed by atoms with van der Waals surface area (Å²) in [5.41, 5.74) is -5.53. The van der Waals surface area contributed by atoms with Crippen LogP contribution in [0.3, 0.4) is 0 Å². The van der Waals surface area contributed by atoms with Crippen molar-refractivity contribution in [2.75, 3.05) is 4.72 Å². The maximum atomic E-state index is 11.9. The van der Waals surface area contributed by atoms with Crippen LogP contribution in [-0.2, 0) is 11.0 Å². The average Bonchev–Trinajstić information content (AvgIpc) is 2.16. The second-order valence-electron chi connectivity index (χ2n) is 2.62. The number of nitro groups is 1. The molecule has 0 bridgehead atoms. The largest absolute Gasteiger partial charge is 0.490 e. The topological polar surface area (TPSA) is 72.2 Å². The lowest BCUT2D eigenvalue weighted by atomic mass is 10.3. The molecular weight excluding hydrogens is 249 g/mol. The van der Waals surface area contributed by atoms with Crippen molar-refractivity contribution >= 4 is 22.4 Å². The number of anilines is 1. The quantitative estimate of drug-likeness (QED) is 0.663. The lowest BCUT2D eigenvalue weighted by Crippen LogP contribution is -2.22. The summed E-state index contributed by atoms with van der Waals surface area (Å²) in [4.78, 5) is 9.55. The van der Waals surface area contributed by atoms with E-state index >= 15 is 0 Å². The van der Waals surface area contributed by atoms with Gasteiger partial charge in [0.15, 0.2) is 0 Å². The molecule has 0 aliphatic heterocycles.